The number of benzene rings is 1. The first kappa shape index (κ1) is 15.3. The van der Waals surface area contributed by atoms with Crippen molar-refractivity contribution in [2.75, 3.05) is 46.4 Å². The van der Waals surface area contributed by atoms with Gasteiger partial charge in [0.2, 0.25) is 0 Å². The summed E-state index contributed by atoms with van der Waals surface area (Å²) in [6.07, 6.45) is -0.491. The number of hydrogen-bond donors (Lipinski definition) is 1. The molecule has 2 rings (SSSR count). The summed E-state index contributed by atoms with van der Waals surface area (Å²) in [6.45, 7) is 9.91. The molecule has 1 aromatic carbocycles. The van der Waals surface area contributed by atoms with Crippen LogP contribution in [0.25, 0.3) is 0 Å². The van der Waals surface area contributed by atoms with E-state index in [4.69, 9.17) is 4.74 Å². The standard InChI is InChI=1S/C16H26N2O2/c1-13-4-5-15(14(2)19)16(12-13)20-11-10-18-8-6-17(3)7-9-18/h4-5,12,14,19H,6-11H2,1-3H3/t14-/m1/s1. The molecular weight excluding hydrogens is 252 g/mol. The molecule has 4 nitrogen and oxygen atoms in total. The number of aliphatic hydroxyl groups is 1. The predicted molar refractivity (Wildman–Crippen MR) is 81.2 cm³/mol. The fraction of sp³-hybridized carbons (Fsp3) is 0.625. The molecule has 0 radical (unpaired) electrons. The van der Waals surface area contributed by atoms with Crippen LogP contribution < -0.4 is 4.74 Å². The average Bonchev–Trinajstić information content (AvgIpc) is 2.41. The minimum Gasteiger partial charge on any atom is -0.492 e. The van der Waals surface area contributed by atoms with E-state index in [1.54, 1.807) is 6.92 Å². The number of hydrogen-bond acceptors (Lipinski definition) is 4. The number of aliphatic hydroxyl groups excluding tert-OH is 1. The molecule has 1 heterocycles. The van der Waals surface area contributed by atoms with Crippen molar-refractivity contribution >= 4 is 0 Å². The lowest BCUT2D eigenvalue weighted by atomic mass is 10.1. The van der Waals surface area contributed by atoms with Gasteiger partial charge < -0.3 is 14.7 Å². The number of likely N-dealkylation sites (N-methyl/N-ethyl adjacent to an activating group) is 1. The van der Waals surface area contributed by atoms with Crippen molar-refractivity contribution in [3.63, 3.8) is 0 Å². The molecule has 4 heteroatoms. The third kappa shape index (κ3) is 4.20. The second-order valence-corrected chi connectivity index (χ2v) is 5.71. The van der Waals surface area contributed by atoms with Gasteiger partial charge in [0.25, 0.3) is 0 Å². The van der Waals surface area contributed by atoms with Crippen LogP contribution in [0.3, 0.4) is 0 Å². The van der Waals surface area contributed by atoms with Gasteiger partial charge in [-0.2, -0.15) is 0 Å². The van der Waals surface area contributed by atoms with Crippen LogP contribution in [-0.4, -0.2) is 61.3 Å². The Morgan fingerprint density at radius 1 is 1.25 bits per heavy atom. The Hall–Kier alpha value is -1.10. The van der Waals surface area contributed by atoms with E-state index >= 15 is 0 Å². The Morgan fingerprint density at radius 2 is 1.95 bits per heavy atom. The first-order chi connectivity index (χ1) is 9.56. The normalized spacial score (nSPS) is 19.0. The number of nitrogens with zero attached hydrogens (tertiary/aromatic N) is 2. The molecule has 20 heavy (non-hydrogen) atoms. The Bertz CT molecular complexity index is 426. The lowest BCUT2D eigenvalue weighted by molar-refractivity contribution is 0.131. The van der Waals surface area contributed by atoms with E-state index in [1.807, 2.05) is 25.1 Å². The highest BCUT2D eigenvalue weighted by atomic mass is 16.5. The Labute approximate surface area is 122 Å². The minimum absolute atomic E-state index is 0.491. The molecule has 0 aromatic heterocycles. The zero-order valence-corrected chi connectivity index (χ0v) is 12.8. The van der Waals surface area contributed by atoms with E-state index in [0.29, 0.717) is 6.61 Å². The summed E-state index contributed by atoms with van der Waals surface area (Å²) in [5.41, 5.74) is 2.03. The summed E-state index contributed by atoms with van der Waals surface area (Å²) < 4.78 is 5.89. The van der Waals surface area contributed by atoms with E-state index < -0.39 is 6.10 Å². The van der Waals surface area contributed by atoms with Crippen LogP contribution in [0.2, 0.25) is 0 Å². The molecule has 0 amide bonds. The molecule has 0 aliphatic carbocycles. The summed E-state index contributed by atoms with van der Waals surface area (Å²) in [5.74, 6) is 0.814. The van der Waals surface area contributed by atoms with Gasteiger partial charge in [0.05, 0.1) is 6.10 Å². The zero-order valence-electron chi connectivity index (χ0n) is 12.8. The quantitative estimate of drug-likeness (QED) is 0.889. The van der Waals surface area contributed by atoms with Gasteiger partial charge in [0.1, 0.15) is 12.4 Å². The van der Waals surface area contributed by atoms with Gasteiger partial charge in [0, 0.05) is 38.3 Å². The molecule has 0 unspecified atom stereocenters. The van der Waals surface area contributed by atoms with Gasteiger partial charge >= 0.3 is 0 Å². The molecule has 0 saturated carbocycles. The van der Waals surface area contributed by atoms with Crippen molar-refractivity contribution in [1.29, 1.82) is 0 Å². The van der Waals surface area contributed by atoms with Crippen LogP contribution in [0.5, 0.6) is 5.75 Å². The van der Waals surface area contributed by atoms with Crippen LogP contribution in [0.15, 0.2) is 18.2 Å². The number of rotatable bonds is 5. The van der Waals surface area contributed by atoms with E-state index in [0.717, 1.165) is 49.6 Å². The fourth-order valence-electron chi connectivity index (χ4n) is 2.47. The third-order valence-electron chi connectivity index (χ3n) is 3.88. The third-order valence-corrected chi connectivity index (χ3v) is 3.88. The molecule has 1 aliphatic rings. The minimum atomic E-state index is -0.491. The summed E-state index contributed by atoms with van der Waals surface area (Å²) >= 11 is 0. The number of aryl methyl sites for hydroxylation is 1. The van der Waals surface area contributed by atoms with Crippen LogP contribution in [0.1, 0.15) is 24.2 Å². The van der Waals surface area contributed by atoms with E-state index in [-0.39, 0.29) is 0 Å². The van der Waals surface area contributed by atoms with Crippen LogP contribution in [0.4, 0.5) is 0 Å². The molecule has 112 valence electrons. The first-order valence-corrected chi connectivity index (χ1v) is 7.38. The SMILES string of the molecule is Cc1ccc([C@@H](C)O)c(OCCN2CCN(C)CC2)c1. The fourth-order valence-corrected chi connectivity index (χ4v) is 2.47. The molecule has 0 spiro atoms. The van der Waals surface area contributed by atoms with Crippen molar-refractivity contribution in [2.45, 2.75) is 20.0 Å². The summed E-state index contributed by atoms with van der Waals surface area (Å²) in [6, 6.07) is 5.96. The zero-order chi connectivity index (χ0) is 14.5. The van der Waals surface area contributed by atoms with Crippen molar-refractivity contribution in [1.82, 2.24) is 9.80 Å². The molecule has 1 aromatic rings. The molecule has 1 atom stereocenters. The second kappa shape index (κ2) is 7.07. The molecule has 1 saturated heterocycles. The predicted octanol–water partition coefficient (Wildman–Crippen LogP) is 1.67. The van der Waals surface area contributed by atoms with Gasteiger partial charge in [-0.15, -0.1) is 0 Å². The lowest BCUT2D eigenvalue weighted by Crippen LogP contribution is -2.45. The highest BCUT2D eigenvalue weighted by molar-refractivity contribution is 5.38. The van der Waals surface area contributed by atoms with Crippen molar-refractivity contribution in [3.8, 4) is 5.75 Å². The molecule has 1 fully saturated rings. The maximum atomic E-state index is 9.78. The monoisotopic (exact) mass is 278 g/mol. The van der Waals surface area contributed by atoms with Crippen molar-refractivity contribution in [2.24, 2.45) is 0 Å². The van der Waals surface area contributed by atoms with Crippen LogP contribution in [0, 0.1) is 6.92 Å². The van der Waals surface area contributed by atoms with E-state index in [9.17, 15) is 5.11 Å². The van der Waals surface area contributed by atoms with Gasteiger partial charge in [-0.05, 0) is 32.5 Å². The maximum absolute atomic E-state index is 9.78. The van der Waals surface area contributed by atoms with Crippen molar-refractivity contribution in [3.05, 3.63) is 29.3 Å². The molecule has 0 bridgehead atoms. The Kier molecular flexibility index (Phi) is 5.40. The Morgan fingerprint density at radius 3 is 2.60 bits per heavy atom. The molecular formula is C16H26N2O2. The van der Waals surface area contributed by atoms with Crippen LogP contribution in [-0.2, 0) is 0 Å². The lowest BCUT2D eigenvalue weighted by Gasteiger charge is -2.32. The largest absolute Gasteiger partial charge is 0.492 e. The van der Waals surface area contributed by atoms with Crippen LogP contribution >= 0.6 is 0 Å². The van der Waals surface area contributed by atoms with Crippen molar-refractivity contribution < 1.29 is 9.84 Å². The first-order valence-electron chi connectivity index (χ1n) is 7.38. The van der Waals surface area contributed by atoms with Gasteiger partial charge in [-0.1, -0.05) is 12.1 Å². The highest BCUT2D eigenvalue weighted by Crippen LogP contribution is 2.26. The summed E-state index contributed by atoms with van der Waals surface area (Å²) in [4.78, 5) is 4.78. The van der Waals surface area contributed by atoms with E-state index in [2.05, 4.69) is 16.8 Å². The average molecular weight is 278 g/mol. The number of ether oxygens (including phenoxy) is 1. The second-order valence-electron chi connectivity index (χ2n) is 5.71. The maximum Gasteiger partial charge on any atom is 0.125 e. The van der Waals surface area contributed by atoms with Gasteiger partial charge in [0.15, 0.2) is 0 Å². The van der Waals surface area contributed by atoms with E-state index in [1.165, 1.54) is 0 Å². The summed E-state index contributed by atoms with van der Waals surface area (Å²) in [7, 11) is 2.16. The summed E-state index contributed by atoms with van der Waals surface area (Å²) in [5, 5.41) is 9.78. The molecule has 1 aliphatic heterocycles. The Balaban J connectivity index is 1.86. The van der Waals surface area contributed by atoms with Gasteiger partial charge in [-0.3, -0.25) is 4.90 Å². The highest BCUT2D eigenvalue weighted by Gasteiger charge is 2.14. The number of piperazine rings is 1. The van der Waals surface area contributed by atoms with Gasteiger partial charge in [-0.25, -0.2) is 0 Å². The topological polar surface area (TPSA) is 35.9 Å². The smallest absolute Gasteiger partial charge is 0.125 e. The molecule has 1 N–H and O–H groups in total.